The lowest BCUT2D eigenvalue weighted by Gasteiger charge is -2.14. The number of hydrogen-bond acceptors (Lipinski definition) is 3. The van der Waals surface area contributed by atoms with E-state index in [1.54, 1.807) is 4.68 Å². The molecule has 2 aromatic heterocycles. The highest BCUT2D eigenvalue weighted by molar-refractivity contribution is 5.48. The van der Waals surface area contributed by atoms with Gasteiger partial charge in [-0.25, -0.2) is 4.98 Å². The van der Waals surface area contributed by atoms with Crippen molar-refractivity contribution >= 4 is 11.8 Å². The van der Waals surface area contributed by atoms with E-state index < -0.39 is 0 Å². The topological polar surface area (TPSA) is 47.7 Å². The number of rotatable bonds is 3. The molecule has 0 spiro atoms. The van der Waals surface area contributed by atoms with Crippen LogP contribution < -0.4 is 5.32 Å². The summed E-state index contributed by atoms with van der Waals surface area (Å²) in [6, 6.07) is 2.56. The number of hydrogen-bond donors (Lipinski definition) is 1. The van der Waals surface area contributed by atoms with Gasteiger partial charge in [-0.2, -0.15) is 5.10 Å². The minimum absolute atomic E-state index is 0.595. The summed E-state index contributed by atoms with van der Waals surface area (Å²) < 4.78 is 4.06. The highest BCUT2D eigenvalue weighted by Gasteiger charge is 2.20. The first kappa shape index (κ1) is 11.3. The van der Waals surface area contributed by atoms with Gasteiger partial charge in [0.15, 0.2) is 5.82 Å². The average molecular weight is 245 g/mol. The van der Waals surface area contributed by atoms with Crippen LogP contribution in [0.15, 0.2) is 18.5 Å². The standard InChI is InChI=1S/C13H19N5/c1-10-9-18(11-5-3-4-6-11)13(14-10)15-12-7-8-17(2)16-12/h7-9,11H,3-6H2,1-2H3,(H,14,15,16). The highest BCUT2D eigenvalue weighted by atomic mass is 15.3. The van der Waals surface area contributed by atoms with E-state index in [2.05, 4.69) is 26.2 Å². The number of imidazole rings is 1. The summed E-state index contributed by atoms with van der Waals surface area (Å²) in [5, 5.41) is 7.65. The van der Waals surface area contributed by atoms with Crippen molar-refractivity contribution in [1.29, 1.82) is 0 Å². The zero-order valence-electron chi connectivity index (χ0n) is 10.9. The van der Waals surface area contributed by atoms with Crippen LogP contribution in [0.2, 0.25) is 0 Å². The van der Waals surface area contributed by atoms with Crippen LogP contribution in [-0.4, -0.2) is 19.3 Å². The van der Waals surface area contributed by atoms with Gasteiger partial charge in [0.25, 0.3) is 0 Å². The van der Waals surface area contributed by atoms with Crippen LogP contribution in [0.4, 0.5) is 11.8 Å². The molecule has 0 saturated heterocycles. The van der Waals surface area contributed by atoms with E-state index in [0.29, 0.717) is 6.04 Å². The van der Waals surface area contributed by atoms with Crippen molar-refractivity contribution in [2.45, 2.75) is 38.6 Å². The van der Waals surface area contributed by atoms with Crippen LogP contribution in [-0.2, 0) is 7.05 Å². The van der Waals surface area contributed by atoms with E-state index in [0.717, 1.165) is 17.5 Å². The Morgan fingerprint density at radius 1 is 1.33 bits per heavy atom. The van der Waals surface area contributed by atoms with E-state index in [4.69, 9.17) is 0 Å². The molecule has 0 atom stereocenters. The van der Waals surface area contributed by atoms with E-state index in [1.165, 1.54) is 25.7 Å². The van der Waals surface area contributed by atoms with Crippen LogP contribution in [0.5, 0.6) is 0 Å². The van der Waals surface area contributed by atoms with Gasteiger partial charge in [-0.05, 0) is 19.8 Å². The molecule has 3 rings (SSSR count). The molecule has 5 heteroatoms. The van der Waals surface area contributed by atoms with Crippen LogP contribution in [0.1, 0.15) is 37.4 Å². The van der Waals surface area contributed by atoms with Crippen molar-refractivity contribution in [3.05, 3.63) is 24.2 Å². The van der Waals surface area contributed by atoms with Gasteiger partial charge in [-0.3, -0.25) is 4.68 Å². The predicted molar refractivity (Wildman–Crippen MR) is 71.0 cm³/mol. The molecule has 96 valence electrons. The number of aryl methyl sites for hydroxylation is 2. The molecule has 0 unspecified atom stereocenters. The summed E-state index contributed by atoms with van der Waals surface area (Å²) in [7, 11) is 1.92. The Hall–Kier alpha value is -1.78. The normalized spacial score (nSPS) is 16.3. The molecule has 0 bridgehead atoms. The van der Waals surface area contributed by atoms with E-state index in [-0.39, 0.29) is 0 Å². The van der Waals surface area contributed by atoms with Crippen molar-refractivity contribution in [3.63, 3.8) is 0 Å². The molecule has 18 heavy (non-hydrogen) atoms. The Balaban J connectivity index is 1.86. The van der Waals surface area contributed by atoms with Gasteiger partial charge >= 0.3 is 0 Å². The third-order valence-electron chi connectivity index (χ3n) is 3.52. The Bertz CT molecular complexity index is 533. The summed E-state index contributed by atoms with van der Waals surface area (Å²) >= 11 is 0. The predicted octanol–water partition coefficient (Wildman–Crippen LogP) is 2.78. The molecular formula is C13H19N5. The van der Waals surface area contributed by atoms with Crippen molar-refractivity contribution in [1.82, 2.24) is 19.3 Å². The summed E-state index contributed by atoms with van der Waals surface area (Å²) in [5.74, 6) is 1.76. The molecule has 1 saturated carbocycles. The Morgan fingerprint density at radius 2 is 2.11 bits per heavy atom. The van der Waals surface area contributed by atoms with E-state index in [9.17, 15) is 0 Å². The third kappa shape index (κ3) is 2.12. The third-order valence-corrected chi connectivity index (χ3v) is 3.52. The maximum atomic E-state index is 4.56. The minimum atomic E-state index is 0.595. The lowest BCUT2D eigenvalue weighted by molar-refractivity contribution is 0.524. The molecule has 0 radical (unpaired) electrons. The second kappa shape index (κ2) is 4.48. The van der Waals surface area contributed by atoms with Gasteiger partial charge in [-0.1, -0.05) is 12.8 Å². The molecule has 1 aliphatic carbocycles. The zero-order valence-corrected chi connectivity index (χ0v) is 10.9. The maximum absolute atomic E-state index is 4.56. The summed E-state index contributed by atoms with van der Waals surface area (Å²) in [4.78, 5) is 4.56. The number of aromatic nitrogens is 4. The molecule has 1 N–H and O–H groups in total. The van der Waals surface area contributed by atoms with Crippen molar-refractivity contribution < 1.29 is 0 Å². The first-order chi connectivity index (χ1) is 8.72. The summed E-state index contributed by atoms with van der Waals surface area (Å²) in [6.45, 7) is 2.04. The molecule has 0 aromatic carbocycles. The van der Waals surface area contributed by atoms with Gasteiger partial charge in [-0.15, -0.1) is 0 Å². The smallest absolute Gasteiger partial charge is 0.209 e. The largest absolute Gasteiger partial charge is 0.314 e. The first-order valence-electron chi connectivity index (χ1n) is 6.54. The van der Waals surface area contributed by atoms with Gasteiger partial charge in [0.05, 0.1) is 5.69 Å². The Labute approximate surface area is 107 Å². The monoisotopic (exact) mass is 245 g/mol. The molecular weight excluding hydrogens is 226 g/mol. The maximum Gasteiger partial charge on any atom is 0.209 e. The molecule has 2 heterocycles. The fraction of sp³-hybridized carbons (Fsp3) is 0.538. The second-order valence-corrected chi connectivity index (χ2v) is 5.05. The first-order valence-corrected chi connectivity index (χ1v) is 6.54. The zero-order chi connectivity index (χ0) is 12.5. The lowest BCUT2D eigenvalue weighted by atomic mass is 10.2. The fourth-order valence-electron chi connectivity index (χ4n) is 2.67. The minimum Gasteiger partial charge on any atom is -0.314 e. The highest BCUT2D eigenvalue weighted by Crippen LogP contribution is 2.32. The average Bonchev–Trinajstić information content (AvgIpc) is 3.01. The van der Waals surface area contributed by atoms with Crippen molar-refractivity contribution in [2.75, 3.05) is 5.32 Å². The number of nitrogens with one attached hydrogen (secondary N) is 1. The van der Waals surface area contributed by atoms with Crippen LogP contribution >= 0.6 is 0 Å². The number of anilines is 2. The van der Waals surface area contributed by atoms with Crippen LogP contribution in [0.3, 0.4) is 0 Å². The Kier molecular flexibility index (Phi) is 2.81. The van der Waals surface area contributed by atoms with E-state index in [1.807, 2.05) is 26.2 Å². The summed E-state index contributed by atoms with van der Waals surface area (Å²) in [6.07, 6.45) is 9.23. The molecule has 5 nitrogen and oxygen atoms in total. The SMILES string of the molecule is Cc1cn(C2CCCC2)c(Nc2ccn(C)n2)n1. The van der Waals surface area contributed by atoms with Crippen LogP contribution in [0, 0.1) is 6.92 Å². The molecule has 2 aromatic rings. The molecule has 0 amide bonds. The fourth-order valence-corrected chi connectivity index (χ4v) is 2.67. The van der Waals surface area contributed by atoms with Gasteiger partial charge < -0.3 is 9.88 Å². The van der Waals surface area contributed by atoms with Gasteiger partial charge in [0.1, 0.15) is 0 Å². The van der Waals surface area contributed by atoms with Gasteiger partial charge in [0, 0.05) is 31.5 Å². The Morgan fingerprint density at radius 3 is 2.78 bits per heavy atom. The second-order valence-electron chi connectivity index (χ2n) is 5.05. The van der Waals surface area contributed by atoms with E-state index >= 15 is 0 Å². The molecule has 1 fully saturated rings. The summed E-state index contributed by atoms with van der Waals surface area (Å²) in [5.41, 5.74) is 1.06. The quantitative estimate of drug-likeness (QED) is 0.904. The van der Waals surface area contributed by atoms with Gasteiger partial charge in [0.2, 0.25) is 5.95 Å². The lowest BCUT2D eigenvalue weighted by Crippen LogP contribution is -2.08. The number of nitrogens with zero attached hydrogens (tertiary/aromatic N) is 4. The van der Waals surface area contributed by atoms with Crippen molar-refractivity contribution in [3.8, 4) is 0 Å². The van der Waals surface area contributed by atoms with Crippen LogP contribution in [0.25, 0.3) is 0 Å². The molecule has 0 aliphatic heterocycles. The molecule has 1 aliphatic rings. The van der Waals surface area contributed by atoms with Crippen molar-refractivity contribution in [2.24, 2.45) is 7.05 Å².